The highest BCUT2D eigenvalue weighted by Gasteiger charge is 2.35. The number of nitrogens with one attached hydrogen (secondary N) is 2. The average molecular weight is 601 g/mol. The number of alkyl halides is 3. The summed E-state index contributed by atoms with van der Waals surface area (Å²) in [6.45, 7) is 8.62. The molecule has 0 fully saturated rings. The Morgan fingerprint density at radius 3 is 2.48 bits per heavy atom. The Hall–Kier alpha value is -3.92. The molecule has 2 aromatic heterocycles. The first-order chi connectivity index (χ1) is 19.9. The summed E-state index contributed by atoms with van der Waals surface area (Å²) in [4.78, 5) is 18.0. The summed E-state index contributed by atoms with van der Waals surface area (Å²) in [7, 11) is 0. The first kappa shape index (κ1) is 29.6. The van der Waals surface area contributed by atoms with E-state index in [-0.39, 0.29) is 23.6 Å². The third-order valence-corrected chi connectivity index (χ3v) is 8.20. The number of aromatic nitrogens is 2. The lowest BCUT2D eigenvalue weighted by molar-refractivity contribution is -0.274. The van der Waals surface area contributed by atoms with Crippen LogP contribution >= 0.6 is 11.6 Å². The standard InChI is InChI=1S/C31H32ClF3N4O3/c1-5-23-26(39-13-12-20(32)16-25(39)37-23)28(40)36-17-18-14-22(30(4,6-2)7-3)27-24(15-18)38-29(41-27)19-8-10-21(11-9-19)42-31(33,34)35/h8-16,29,38H,5-7,17H2,1-4H3,(H,36,40). The molecule has 2 aromatic carbocycles. The Kier molecular flexibility index (Phi) is 8.02. The van der Waals surface area contributed by atoms with Crippen LogP contribution in [-0.4, -0.2) is 21.7 Å². The summed E-state index contributed by atoms with van der Waals surface area (Å²) >= 11 is 6.13. The van der Waals surface area contributed by atoms with Crippen molar-refractivity contribution in [3.05, 3.63) is 87.8 Å². The molecule has 0 saturated heterocycles. The lowest BCUT2D eigenvalue weighted by atomic mass is 9.76. The molecule has 222 valence electrons. The van der Waals surface area contributed by atoms with E-state index >= 15 is 0 Å². The van der Waals surface area contributed by atoms with Gasteiger partial charge in [-0.2, -0.15) is 0 Å². The van der Waals surface area contributed by atoms with Crippen LogP contribution in [0.15, 0.2) is 54.7 Å². The number of rotatable bonds is 9. The second-order valence-corrected chi connectivity index (χ2v) is 11.0. The van der Waals surface area contributed by atoms with Crippen molar-refractivity contribution in [1.82, 2.24) is 14.7 Å². The van der Waals surface area contributed by atoms with Gasteiger partial charge in [-0.3, -0.25) is 9.20 Å². The van der Waals surface area contributed by atoms with E-state index in [2.05, 4.69) is 47.2 Å². The van der Waals surface area contributed by atoms with E-state index in [1.54, 1.807) is 34.9 Å². The summed E-state index contributed by atoms with van der Waals surface area (Å²) in [5.74, 6) is 0.148. The minimum atomic E-state index is -4.76. The van der Waals surface area contributed by atoms with Gasteiger partial charge in [0.15, 0.2) is 6.23 Å². The number of halogens is 4. The van der Waals surface area contributed by atoms with Gasteiger partial charge in [-0.15, -0.1) is 13.2 Å². The molecule has 5 rings (SSSR count). The van der Waals surface area contributed by atoms with Gasteiger partial charge < -0.3 is 20.1 Å². The second-order valence-electron chi connectivity index (χ2n) is 10.6. The molecule has 0 radical (unpaired) electrons. The minimum absolute atomic E-state index is 0.207. The lowest BCUT2D eigenvalue weighted by Gasteiger charge is -2.29. The number of imidazole rings is 1. The number of benzene rings is 2. The van der Waals surface area contributed by atoms with Crippen molar-refractivity contribution in [3.8, 4) is 11.5 Å². The predicted molar refractivity (Wildman–Crippen MR) is 155 cm³/mol. The fourth-order valence-corrected chi connectivity index (χ4v) is 5.36. The zero-order valence-electron chi connectivity index (χ0n) is 23.7. The molecule has 3 heterocycles. The molecule has 4 aromatic rings. The molecule has 1 aliphatic rings. The number of carbonyl (C=O) groups is 1. The van der Waals surface area contributed by atoms with Crippen LogP contribution < -0.4 is 20.1 Å². The van der Waals surface area contributed by atoms with E-state index in [9.17, 15) is 18.0 Å². The van der Waals surface area contributed by atoms with Gasteiger partial charge in [0, 0.05) is 35.0 Å². The van der Waals surface area contributed by atoms with Crippen molar-refractivity contribution in [3.63, 3.8) is 0 Å². The Labute approximate surface area is 247 Å². The molecule has 1 aliphatic heterocycles. The molecule has 2 N–H and O–H groups in total. The number of hydrogen-bond acceptors (Lipinski definition) is 5. The van der Waals surface area contributed by atoms with Crippen LogP contribution in [0.25, 0.3) is 5.65 Å². The molecule has 0 spiro atoms. The van der Waals surface area contributed by atoms with Gasteiger partial charge in [0.25, 0.3) is 5.91 Å². The summed E-state index contributed by atoms with van der Waals surface area (Å²) in [5.41, 5.74) is 4.83. The van der Waals surface area contributed by atoms with Crippen LogP contribution in [0.1, 0.15) is 79.6 Å². The fourth-order valence-electron chi connectivity index (χ4n) is 5.21. The van der Waals surface area contributed by atoms with Crippen molar-refractivity contribution >= 4 is 28.8 Å². The molecular formula is C31H32ClF3N4O3. The van der Waals surface area contributed by atoms with Gasteiger partial charge in [0.05, 0.1) is 11.4 Å². The van der Waals surface area contributed by atoms with Crippen LogP contribution in [-0.2, 0) is 18.4 Å². The van der Waals surface area contributed by atoms with Crippen LogP contribution in [0, 0.1) is 0 Å². The lowest BCUT2D eigenvalue weighted by Crippen LogP contribution is -2.26. The summed E-state index contributed by atoms with van der Waals surface area (Å²) in [6.07, 6.45) is -1.33. The van der Waals surface area contributed by atoms with Crippen molar-refractivity contribution in [2.75, 3.05) is 5.32 Å². The first-order valence-corrected chi connectivity index (χ1v) is 14.2. The number of amides is 1. The number of fused-ring (bicyclic) bond motifs is 2. The molecule has 0 saturated carbocycles. The normalized spacial score (nSPS) is 14.8. The number of carbonyl (C=O) groups excluding carboxylic acids is 1. The van der Waals surface area contributed by atoms with E-state index in [0.717, 1.165) is 29.7 Å². The molecule has 0 aliphatic carbocycles. The van der Waals surface area contributed by atoms with Crippen molar-refractivity contribution in [2.24, 2.45) is 0 Å². The number of pyridine rings is 1. The number of anilines is 1. The minimum Gasteiger partial charge on any atom is -0.464 e. The number of nitrogens with zero attached hydrogens (tertiary/aromatic N) is 2. The van der Waals surface area contributed by atoms with Crippen LogP contribution in [0.4, 0.5) is 18.9 Å². The molecule has 1 unspecified atom stereocenters. The first-order valence-electron chi connectivity index (χ1n) is 13.9. The average Bonchev–Trinajstić information content (AvgIpc) is 3.55. The van der Waals surface area contributed by atoms with Crippen LogP contribution in [0.5, 0.6) is 11.5 Å². The smallest absolute Gasteiger partial charge is 0.464 e. The van der Waals surface area contributed by atoms with Gasteiger partial charge in [-0.05, 0) is 72.7 Å². The van der Waals surface area contributed by atoms with Gasteiger partial charge in [-0.25, -0.2) is 4.98 Å². The number of aryl methyl sites for hydroxylation is 1. The zero-order valence-corrected chi connectivity index (χ0v) is 24.5. The van der Waals surface area contributed by atoms with Crippen molar-refractivity contribution in [1.29, 1.82) is 0 Å². The highest BCUT2D eigenvalue weighted by atomic mass is 35.5. The highest BCUT2D eigenvalue weighted by Crippen LogP contribution is 2.48. The number of hydrogen-bond donors (Lipinski definition) is 2. The van der Waals surface area contributed by atoms with Gasteiger partial charge in [0.2, 0.25) is 0 Å². The third-order valence-electron chi connectivity index (χ3n) is 7.96. The molecular weight excluding hydrogens is 569 g/mol. The predicted octanol–water partition coefficient (Wildman–Crippen LogP) is 7.96. The van der Waals surface area contributed by atoms with Gasteiger partial charge >= 0.3 is 6.36 Å². The van der Waals surface area contributed by atoms with Crippen LogP contribution in [0.3, 0.4) is 0 Å². The van der Waals surface area contributed by atoms with Crippen LogP contribution in [0.2, 0.25) is 5.02 Å². The van der Waals surface area contributed by atoms with Crippen molar-refractivity contribution in [2.45, 2.75) is 71.5 Å². The Morgan fingerprint density at radius 2 is 1.83 bits per heavy atom. The molecule has 1 amide bonds. The maximum Gasteiger partial charge on any atom is 0.573 e. The monoisotopic (exact) mass is 600 g/mol. The summed E-state index contributed by atoms with van der Waals surface area (Å²) in [5, 5.41) is 6.95. The Balaban J connectivity index is 1.42. The van der Waals surface area contributed by atoms with Gasteiger partial charge in [-0.1, -0.05) is 39.3 Å². The molecule has 42 heavy (non-hydrogen) atoms. The Bertz CT molecular complexity index is 1610. The van der Waals surface area contributed by atoms with Gasteiger partial charge in [0.1, 0.15) is 22.8 Å². The zero-order chi connectivity index (χ0) is 30.2. The summed E-state index contributed by atoms with van der Waals surface area (Å²) in [6, 6.07) is 13.0. The molecule has 7 nitrogen and oxygen atoms in total. The SMILES string of the molecule is CCc1nc2cc(Cl)ccn2c1C(=O)NCc1cc2c(c(C(C)(CC)CC)c1)OC(c1ccc(OC(F)(F)F)cc1)N2. The van der Waals surface area contributed by atoms with Crippen molar-refractivity contribution < 1.29 is 27.4 Å². The molecule has 11 heteroatoms. The van der Waals surface area contributed by atoms with E-state index in [1.165, 1.54) is 12.1 Å². The third kappa shape index (κ3) is 5.86. The molecule has 0 bridgehead atoms. The quantitative estimate of drug-likeness (QED) is 0.204. The second kappa shape index (κ2) is 11.4. The summed E-state index contributed by atoms with van der Waals surface area (Å²) < 4.78 is 49.9. The fraction of sp³-hybridized carbons (Fsp3) is 0.355. The maximum absolute atomic E-state index is 13.4. The molecule has 1 atom stereocenters. The largest absolute Gasteiger partial charge is 0.573 e. The van der Waals surface area contributed by atoms with E-state index in [0.29, 0.717) is 39.8 Å². The van der Waals surface area contributed by atoms with E-state index < -0.39 is 12.6 Å². The van der Waals surface area contributed by atoms with E-state index in [1.807, 2.05) is 13.0 Å². The topological polar surface area (TPSA) is 76.9 Å². The number of ether oxygens (including phenoxy) is 2. The van der Waals surface area contributed by atoms with E-state index in [4.69, 9.17) is 16.3 Å². The highest BCUT2D eigenvalue weighted by molar-refractivity contribution is 6.30. The maximum atomic E-state index is 13.4. The Morgan fingerprint density at radius 1 is 1.12 bits per heavy atom.